The number of ether oxygens (including phenoxy) is 2. The van der Waals surface area contributed by atoms with Crippen molar-refractivity contribution in [2.45, 2.75) is 65.8 Å². The quantitative estimate of drug-likeness (QED) is 0.383. The minimum atomic E-state index is -0.638. The van der Waals surface area contributed by atoms with Gasteiger partial charge in [0.25, 0.3) is 0 Å². The Bertz CT molecular complexity index is 1050. The summed E-state index contributed by atoms with van der Waals surface area (Å²) in [5.74, 6) is 0. The molecule has 0 fully saturated rings. The van der Waals surface area contributed by atoms with Gasteiger partial charge < -0.3 is 18.9 Å². The Morgan fingerprint density at radius 2 is 1.68 bits per heavy atom. The van der Waals surface area contributed by atoms with Gasteiger partial charge in [0.1, 0.15) is 11.2 Å². The summed E-state index contributed by atoms with van der Waals surface area (Å²) in [6.45, 7) is 12.3. The fourth-order valence-corrected chi connectivity index (χ4v) is 4.82. The van der Waals surface area contributed by atoms with E-state index in [1.807, 2.05) is 25.3 Å². The van der Waals surface area contributed by atoms with E-state index in [0.717, 1.165) is 20.2 Å². The number of amides is 2. The summed E-state index contributed by atoms with van der Waals surface area (Å²) in [7, 11) is 0. The van der Waals surface area contributed by atoms with Crippen LogP contribution in [-0.2, 0) is 22.6 Å². The molecule has 1 aromatic heterocycles. The van der Waals surface area contributed by atoms with E-state index in [9.17, 15) is 9.59 Å². The van der Waals surface area contributed by atoms with Crippen molar-refractivity contribution >= 4 is 74.6 Å². The first-order chi connectivity index (χ1) is 14.2. The van der Waals surface area contributed by atoms with Gasteiger partial charge in [-0.3, -0.25) is 5.32 Å². The van der Waals surface area contributed by atoms with Gasteiger partial charge in [-0.1, -0.05) is 23.2 Å². The molecule has 0 saturated heterocycles. The van der Waals surface area contributed by atoms with E-state index < -0.39 is 17.3 Å². The van der Waals surface area contributed by atoms with Crippen LogP contribution < -0.4 is 5.32 Å². The second kappa shape index (κ2) is 8.51. The highest BCUT2D eigenvalue weighted by Gasteiger charge is 2.31. The number of carbonyl (C=O) groups is 2. The van der Waals surface area contributed by atoms with E-state index in [1.54, 1.807) is 31.7 Å². The van der Waals surface area contributed by atoms with E-state index in [2.05, 4.69) is 27.9 Å². The number of fused-ring (bicyclic) bond motifs is 3. The predicted molar refractivity (Wildman–Crippen MR) is 131 cm³/mol. The number of carbonyl (C=O) groups excluding carboxylic acids is 2. The lowest BCUT2D eigenvalue weighted by Gasteiger charge is -2.31. The monoisotopic (exact) mass is 581 g/mol. The topological polar surface area (TPSA) is 72.8 Å². The molecule has 0 spiro atoms. The molecule has 1 aromatic carbocycles. The molecule has 2 heterocycles. The van der Waals surface area contributed by atoms with Gasteiger partial charge in [-0.2, -0.15) is 0 Å². The van der Waals surface area contributed by atoms with Crippen molar-refractivity contribution in [2.75, 3.05) is 11.9 Å². The highest BCUT2D eigenvalue weighted by atomic mass is 127. The second-order valence-electron chi connectivity index (χ2n) is 9.38. The second-order valence-corrected chi connectivity index (χ2v) is 11.2. The normalized spacial score (nSPS) is 14.4. The summed E-state index contributed by atoms with van der Waals surface area (Å²) in [6, 6.07) is 1.62. The van der Waals surface area contributed by atoms with Crippen LogP contribution in [0.1, 0.15) is 47.2 Å². The molecule has 31 heavy (non-hydrogen) atoms. The van der Waals surface area contributed by atoms with Crippen LogP contribution in [0.25, 0.3) is 10.9 Å². The number of benzene rings is 1. The molecule has 0 saturated carbocycles. The summed E-state index contributed by atoms with van der Waals surface area (Å²) in [6.07, 6.45) is -0.946. The van der Waals surface area contributed by atoms with E-state index in [0.29, 0.717) is 35.4 Å². The number of hydrogen-bond acceptors (Lipinski definition) is 4. The molecule has 0 bridgehead atoms. The van der Waals surface area contributed by atoms with E-state index in [-0.39, 0.29) is 6.09 Å². The Balaban J connectivity index is 2.03. The Morgan fingerprint density at radius 3 is 2.26 bits per heavy atom. The number of halogens is 3. The average Bonchev–Trinajstić information content (AvgIpc) is 2.89. The lowest BCUT2D eigenvalue weighted by atomic mass is 10.2. The molecular weight excluding hydrogens is 556 g/mol. The standard InChI is InChI=1S/C21H26Cl2IN3O4/c1-20(2,3)30-18(28)25-12-9-11(22)15(23)17-14(12)16(24)13-10-26(7-8-27(13)17)19(29)31-21(4,5)6/h9H,7-8,10H2,1-6H3,(H,25,28). The van der Waals surface area contributed by atoms with E-state index in [1.165, 1.54) is 0 Å². The number of rotatable bonds is 1. The van der Waals surface area contributed by atoms with Crippen LogP contribution in [0, 0.1) is 3.57 Å². The molecule has 1 aliphatic rings. The van der Waals surface area contributed by atoms with Gasteiger partial charge in [-0.05, 0) is 70.2 Å². The van der Waals surface area contributed by atoms with Gasteiger partial charge in [0.15, 0.2) is 0 Å². The summed E-state index contributed by atoms with van der Waals surface area (Å²) < 4.78 is 13.8. The van der Waals surface area contributed by atoms with Crippen LogP contribution in [0.2, 0.25) is 10.0 Å². The first-order valence-electron chi connectivity index (χ1n) is 9.84. The Hall–Kier alpha value is -1.39. The molecule has 1 N–H and O–H groups in total. The van der Waals surface area contributed by atoms with Crippen molar-refractivity contribution < 1.29 is 19.1 Å². The zero-order chi connectivity index (χ0) is 23.3. The number of nitrogens with zero attached hydrogens (tertiary/aromatic N) is 2. The third-order valence-corrected chi connectivity index (χ3v) is 6.42. The van der Waals surface area contributed by atoms with E-state index in [4.69, 9.17) is 32.7 Å². The average molecular weight is 582 g/mol. The van der Waals surface area contributed by atoms with E-state index >= 15 is 0 Å². The summed E-state index contributed by atoms with van der Waals surface area (Å²) >= 11 is 15.2. The fraction of sp³-hybridized carbons (Fsp3) is 0.524. The smallest absolute Gasteiger partial charge is 0.412 e. The number of aromatic nitrogens is 1. The molecule has 0 unspecified atom stereocenters. The third kappa shape index (κ3) is 5.34. The molecule has 170 valence electrons. The van der Waals surface area contributed by atoms with Crippen molar-refractivity contribution in [1.29, 1.82) is 0 Å². The Kier molecular flexibility index (Phi) is 6.66. The van der Waals surface area contributed by atoms with Gasteiger partial charge in [0, 0.05) is 22.0 Å². The molecular formula is C21H26Cl2IN3O4. The van der Waals surface area contributed by atoms with Gasteiger partial charge in [-0.15, -0.1) is 0 Å². The maximum atomic E-state index is 12.6. The van der Waals surface area contributed by atoms with Crippen LogP contribution in [0.15, 0.2) is 6.07 Å². The minimum absolute atomic E-state index is 0.325. The number of anilines is 1. The maximum Gasteiger partial charge on any atom is 0.412 e. The van der Waals surface area contributed by atoms with Crippen LogP contribution in [0.3, 0.4) is 0 Å². The molecule has 2 aromatic rings. The lowest BCUT2D eigenvalue weighted by molar-refractivity contribution is 0.0199. The van der Waals surface area contributed by atoms with Crippen molar-refractivity contribution in [3.05, 3.63) is 25.4 Å². The number of hydrogen-bond donors (Lipinski definition) is 1. The third-order valence-electron chi connectivity index (χ3n) is 4.48. The molecule has 1 aliphatic heterocycles. The summed E-state index contributed by atoms with van der Waals surface area (Å²) in [5, 5.41) is 4.29. The molecule has 10 heteroatoms. The zero-order valence-corrected chi connectivity index (χ0v) is 22.0. The lowest BCUT2D eigenvalue weighted by Crippen LogP contribution is -2.41. The Morgan fingerprint density at radius 1 is 1.06 bits per heavy atom. The van der Waals surface area contributed by atoms with Gasteiger partial charge in [-0.25, -0.2) is 9.59 Å². The van der Waals surface area contributed by atoms with Gasteiger partial charge in [0.05, 0.1) is 33.5 Å². The molecule has 0 radical (unpaired) electrons. The van der Waals surface area contributed by atoms with Crippen LogP contribution in [-0.4, -0.2) is 39.4 Å². The Labute approximate surface area is 205 Å². The van der Waals surface area contributed by atoms with Crippen molar-refractivity contribution in [3.63, 3.8) is 0 Å². The van der Waals surface area contributed by atoms with Crippen molar-refractivity contribution in [2.24, 2.45) is 0 Å². The van der Waals surface area contributed by atoms with Gasteiger partial charge >= 0.3 is 12.2 Å². The molecule has 2 amide bonds. The van der Waals surface area contributed by atoms with Crippen LogP contribution >= 0.6 is 45.8 Å². The molecule has 0 atom stereocenters. The highest BCUT2D eigenvalue weighted by Crippen LogP contribution is 2.43. The highest BCUT2D eigenvalue weighted by molar-refractivity contribution is 14.1. The fourth-order valence-electron chi connectivity index (χ4n) is 3.36. The maximum absolute atomic E-state index is 12.6. The molecule has 0 aliphatic carbocycles. The van der Waals surface area contributed by atoms with Crippen LogP contribution in [0.4, 0.5) is 15.3 Å². The summed E-state index contributed by atoms with van der Waals surface area (Å²) in [5.41, 5.74) is 0.928. The SMILES string of the molecule is CC(C)(C)OC(=O)Nc1cc(Cl)c(Cl)c2c1c(I)c1n2CCN(C(=O)OC(C)(C)C)C1. The summed E-state index contributed by atoms with van der Waals surface area (Å²) in [4.78, 5) is 26.7. The largest absolute Gasteiger partial charge is 0.444 e. The molecule has 3 rings (SSSR count). The first-order valence-corrected chi connectivity index (χ1v) is 11.7. The predicted octanol–water partition coefficient (Wildman–Crippen LogP) is 6.65. The van der Waals surface area contributed by atoms with Crippen LogP contribution in [0.5, 0.6) is 0 Å². The van der Waals surface area contributed by atoms with Crippen molar-refractivity contribution in [3.8, 4) is 0 Å². The molecule has 7 nitrogen and oxygen atoms in total. The minimum Gasteiger partial charge on any atom is -0.444 e. The van der Waals surface area contributed by atoms with Gasteiger partial charge in [0.2, 0.25) is 0 Å². The zero-order valence-electron chi connectivity index (χ0n) is 18.4. The number of nitrogens with one attached hydrogen (secondary N) is 1. The first kappa shape index (κ1) is 24.3. The van der Waals surface area contributed by atoms with Crippen molar-refractivity contribution in [1.82, 2.24) is 9.47 Å².